The molecule has 0 saturated carbocycles. The maximum atomic E-state index is 4.58. The van der Waals surface area contributed by atoms with Crippen LogP contribution in [0.4, 0.5) is 5.82 Å². The first kappa shape index (κ1) is 14.3. The molecule has 0 saturated heterocycles. The predicted octanol–water partition coefficient (Wildman–Crippen LogP) is 4.45. The molecule has 0 radical (unpaired) electrons. The minimum atomic E-state index is 0.874. The number of aromatic nitrogens is 2. The number of pyridine rings is 1. The van der Waals surface area contributed by atoms with Gasteiger partial charge in [0.15, 0.2) is 0 Å². The molecule has 0 aliphatic carbocycles. The van der Waals surface area contributed by atoms with E-state index < -0.39 is 0 Å². The molecule has 2 rings (SSSR count). The van der Waals surface area contributed by atoms with E-state index in [0.29, 0.717) is 0 Å². The van der Waals surface area contributed by atoms with Crippen molar-refractivity contribution in [2.75, 3.05) is 12.4 Å². The largest absolute Gasteiger partial charge is 0.372 e. The van der Waals surface area contributed by atoms with E-state index in [1.807, 2.05) is 54.1 Å². The van der Waals surface area contributed by atoms with Crippen molar-refractivity contribution in [2.24, 2.45) is 0 Å². The van der Waals surface area contributed by atoms with Crippen molar-refractivity contribution < 1.29 is 0 Å². The summed E-state index contributed by atoms with van der Waals surface area (Å²) < 4.78 is 3.01. The first-order chi connectivity index (χ1) is 9.65. The molecule has 2 heterocycles. The van der Waals surface area contributed by atoms with Crippen molar-refractivity contribution >= 4 is 33.5 Å². The third-order valence-electron chi connectivity index (χ3n) is 2.75. The minimum absolute atomic E-state index is 0.874. The second-order valence-electron chi connectivity index (χ2n) is 4.17. The molecule has 102 valence electrons. The van der Waals surface area contributed by atoms with Crippen molar-refractivity contribution in [3.8, 4) is 0 Å². The summed E-state index contributed by atoms with van der Waals surface area (Å²) in [7, 11) is 1.88. The topological polar surface area (TPSA) is 29.3 Å². The van der Waals surface area contributed by atoms with Crippen molar-refractivity contribution in [1.82, 2.24) is 9.38 Å². The molecule has 0 aromatic carbocycles. The highest BCUT2D eigenvalue weighted by Gasteiger charge is 2.08. The number of hydrogen-bond acceptors (Lipinski definition) is 2. The van der Waals surface area contributed by atoms with Crippen molar-refractivity contribution in [1.29, 1.82) is 0 Å². The van der Waals surface area contributed by atoms with Gasteiger partial charge in [-0.1, -0.05) is 37.5 Å². The predicted molar refractivity (Wildman–Crippen MR) is 89.9 cm³/mol. The van der Waals surface area contributed by atoms with Crippen LogP contribution in [0.1, 0.15) is 5.69 Å². The Bertz CT molecular complexity index is 708. The van der Waals surface area contributed by atoms with Gasteiger partial charge in [-0.15, -0.1) is 0 Å². The summed E-state index contributed by atoms with van der Waals surface area (Å²) in [5.41, 5.74) is 2.66. The van der Waals surface area contributed by atoms with Crippen LogP contribution >= 0.6 is 15.9 Å². The number of nitrogens with one attached hydrogen (secondary N) is 1. The van der Waals surface area contributed by atoms with Crippen molar-refractivity contribution in [3.63, 3.8) is 0 Å². The second-order valence-corrected chi connectivity index (χ2v) is 5.09. The lowest BCUT2D eigenvalue weighted by molar-refractivity contribution is 1.16. The first-order valence-corrected chi connectivity index (χ1v) is 6.96. The van der Waals surface area contributed by atoms with E-state index in [1.165, 1.54) is 0 Å². The number of fused-ring (bicyclic) bond motifs is 1. The molecule has 0 unspecified atom stereocenters. The molecular formula is C16H16BrN3. The van der Waals surface area contributed by atoms with Gasteiger partial charge >= 0.3 is 0 Å². The number of halogens is 1. The standard InChI is InChI=1S/C16H16BrN3/c1-4-5-6-12(2)7-9-14-16(18-3)20-11-13(17)8-10-15(20)19-14/h4-11,18H,1-2H2,3H3/b6-5-,9-7+. The Morgan fingerprint density at radius 3 is 2.90 bits per heavy atom. The summed E-state index contributed by atoms with van der Waals surface area (Å²) in [4.78, 5) is 4.58. The molecule has 1 N–H and O–H groups in total. The Kier molecular flexibility index (Phi) is 4.58. The van der Waals surface area contributed by atoms with Gasteiger partial charge in [-0.3, -0.25) is 4.40 Å². The molecular weight excluding hydrogens is 314 g/mol. The molecule has 0 aliphatic heterocycles. The zero-order valence-electron chi connectivity index (χ0n) is 11.3. The van der Waals surface area contributed by atoms with Crippen molar-refractivity contribution in [2.45, 2.75) is 0 Å². The summed E-state index contributed by atoms with van der Waals surface area (Å²) in [5.74, 6) is 0.943. The fourth-order valence-electron chi connectivity index (χ4n) is 1.83. The van der Waals surface area contributed by atoms with Gasteiger partial charge in [0.25, 0.3) is 0 Å². The Hall–Kier alpha value is -2.07. The van der Waals surface area contributed by atoms with Crippen LogP contribution in [0.5, 0.6) is 0 Å². The summed E-state index contributed by atoms with van der Waals surface area (Å²) >= 11 is 3.47. The molecule has 0 atom stereocenters. The van der Waals surface area contributed by atoms with Gasteiger partial charge in [-0.25, -0.2) is 4.98 Å². The fraction of sp³-hybridized carbons (Fsp3) is 0.0625. The van der Waals surface area contributed by atoms with Gasteiger partial charge in [0.1, 0.15) is 17.2 Å². The molecule has 0 spiro atoms. The molecule has 0 fully saturated rings. The average Bonchev–Trinajstić information content (AvgIpc) is 2.79. The second kappa shape index (κ2) is 6.39. The number of anilines is 1. The Labute approximate surface area is 127 Å². The van der Waals surface area contributed by atoms with Crippen LogP contribution in [-0.2, 0) is 0 Å². The molecule has 3 nitrogen and oxygen atoms in total. The Balaban J connectivity index is 2.39. The van der Waals surface area contributed by atoms with E-state index in [4.69, 9.17) is 0 Å². The smallest absolute Gasteiger partial charge is 0.139 e. The average molecular weight is 330 g/mol. The summed E-state index contributed by atoms with van der Waals surface area (Å²) in [6.45, 7) is 7.58. The normalized spacial score (nSPS) is 11.5. The molecule has 20 heavy (non-hydrogen) atoms. The molecule has 0 aliphatic rings. The number of hydrogen-bond donors (Lipinski definition) is 1. The van der Waals surface area contributed by atoms with E-state index in [9.17, 15) is 0 Å². The lowest BCUT2D eigenvalue weighted by Crippen LogP contribution is -1.95. The van der Waals surface area contributed by atoms with E-state index in [-0.39, 0.29) is 0 Å². The Morgan fingerprint density at radius 2 is 2.20 bits per heavy atom. The van der Waals surface area contributed by atoms with Crippen LogP contribution in [0.15, 0.2) is 65.8 Å². The maximum Gasteiger partial charge on any atom is 0.139 e. The van der Waals surface area contributed by atoms with Gasteiger partial charge in [0.2, 0.25) is 0 Å². The monoisotopic (exact) mass is 329 g/mol. The molecule has 4 heteroatoms. The fourth-order valence-corrected chi connectivity index (χ4v) is 2.17. The van der Waals surface area contributed by atoms with E-state index in [0.717, 1.165) is 27.2 Å². The number of nitrogens with zero attached hydrogens (tertiary/aromatic N) is 2. The lowest BCUT2D eigenvalue weighted by atomic mass is 10.2. The van der Waals surface area contributed by atoms with Gasteiger partial charge in [-0.05, 0) is 39.7 Å². The zero-order valence-corrected chi connectivity index (χ0v) is 12.9. The highest BCUT2D eigenvalue weighted by molar-refractivity contribution is 9.10. The first-order valence-electron chi connectivity index (χ1n) is 6.17. The van der Waals surface area contributed by atoms with E-state index >= 15 is 0 Å². The SMILES string of the molecule is C=C/C=C\C(=C)/C=C/c1nc2ccc(Br)cn2c1NC. The molecule has 0 bridgehead atoms. The van der Waals surface area contributed by atoms with Gasteiger partial charge in [0, 0.05) is 17.7 Å². The van der Waals surface area contributed by atoms with E-state index in [1.54, 1.807) is 6.08 Å². The number of imidazole rings is 1. The van der Waals surface area contributed by atoms with Crippen LogP contribution in [0, 0.1) is 0 Å². The highest BCUT2D eigenvalue weighted by atomic mass is 79.9. The van der Waals surface area contributed by atoms with Crippen LogP contribution in [0.25, 0.3) is 11.7 Å². The highest BCUT2D eigenvalue weighted by Crippen LogP contribution is 2.22. The summed E-state index contributed by atoms with van der Waals surface area (Å²) in [5, 5.41) is 3.18. The summed E-state index contributed by atoms with van der Waals surface area (Å²) in [6, 6.07) is 3.94. The van der Waals surface area contributed by atoms with Crippen molar-refractivity contribution in [3.05, 3.63) is 71.5 Å². The minimum Gasteiger partial charge on any atom is -0.372 e. The van der Waals surface area contributed by atoms with Crippen LogP contribution in [0.2, 0.25) is 0 Å². The van der Waals surface area contributed by atoms with E-state index in [2.05, 4.69) is 39.4 Å². The van der Waals surface area contributed by atoms with Crippen LogP contribution in [0.3, 0.4) is 0 Å². The third kappa shape index (κ3) is 3.08. The van der Waals surface area contributed by atoms with Gasteiger partial charge in [-0.2, -0.15) is 0 Å². The van der Waals surface area contributed by atoms with Gasteiger partial charge in [0.05, 0.1) is 0 Å². The van der Waals surface area contributed by atoms with Crippen LogP contribution in [-0.4, -0.2) is 16.4 Å². The number of rotatable bonds is 5. The summed E-state index contributed by atoms with van der Waals surface area (Å²) in [6.07, 6.45) is 11.3. The maximum absolute atomic E-state index is 4.58. The number of allylic oxidation sites excluding steroid dienone is 5. The third-order valence-corrected chi connectivity index (χ3v) is 3.22. The van der Waals surface area contributed by atoms with Gasteiger partial charge < -0.3 is 5.32 Å². The quantitative estimate of drug-likeness (QED) is 0.821. The lowest BCUT2D eigenvalue weighted by Gasteiger charge is -2.01. The Morgan fingerprint density at radius 1 is 1.40 bits per heavy atom. The molecule has 2 aromatic rings. The zero-order chi connectivity index (χ0) is 14.5. The molecule has 2 aromatic heterocycles. The van der Waals surface area contributed by atoms with Crippen LogP contribution < -0.4 is 5.32 Å². The molecule has 0 amide bonds.